The molecule has 0 radical (unpaired) electrons. The molecular weight excluding hydrogens is 258 g/mol. The molecule has 0 saturated heterocycles. The minimum Gasteiger partial charge on any atom is -0.475 e. The third kappa shape index (κ3) is 2.18. The second kappa shape index (κ2) is 4.85. The summed E-state index contributed by atoms with van der Waals surface area (Å²) in [6.45, 7) is 0.527. The van der Waals surface area contributed by atoms with E-state index < -0.39 is 5.97 Å². The van der Waals surface area contributed by atoms with Gasteiger partial charge in [0.25, 0.3) is 5.91 Å². The lowest BCUT2D eigenvalue weighted by molar-refractivity contribution is 0.0659. The van der Waals surface area contributed by atoms with E-state index in [1.165, 1.54) is 23.3 Å². The van der Waals surface area contributed by atoms with Gasteiger partial charge in [-0.15, -0.1) is 0 Å². The van der Waals surface area contributed by atoms with E-state index in [4.69, 9.17) is 9.52 Å². The van der Waals surface area contributed by atoms with Gasteiger partial charge in [0, 0.05) is 12.5 Å². The summed E-state index contributed by atoms with van der Waals surface area (Å²) in [5.41, 5.74) is 2.58. The molecule has 2 N–H and O–H groups in total. The number of fused-ring (bicyclic) bond motifs is 1. The minimum absolute atomic E-state index is 0.0232. The van der Waals surface area contributed by atoms with Crippen LogP contribution in [0.1, 0.15) is 38.2 Å². The average Bonchev–Trinajstić information content (AvgIpc) is 2.89. The molecule has 2 aromatic rings. The zero-order valence-corrected chi connectivity index (χ0v) is 10.6. The fourth-order valence-corrected chi connectivity index (χ4v) is 2.42. The molecule has 1 aliphatic rings. The molecule has 1 aliphatic carbocycles. The predicted octanol–water partition coefficient (Wildman–Crippen LogP) is 2.05. The number of nitrogens with one attached hydrogen (secondary N) is 1. The Morgan fingerprint density at radius 3 is 2.65 bits per heavy atom. The summed E-state index contributed by atoms with van der Waals surface area (Å²) in [4.78, 5) is 22.5. The summed E-state index contributed by atoms with van der Waals surface area (Å²) in [5.74, 6) is -1.46. The monoisotopic (exact) mass is 271 g/mol. The van der Waals surface area contributed by atoms with Crippen molar-refractivity contribution in [2.75, 3.05) is 6.54 Å². The SMILES string of the molecule is O=C(O)c1ccc(C(=O)NCC2Cc3ccccc32)o1. The van der Waals surface area contributed by atoms with Crippen LogP contribution in [0.4, 0.5) is 0 Å². The van der Waals surface area contributed by atoms with Crippen LogP contribution >= 0.6 is 0 Å². The number of amides is 1. The van der Waals surface area contributed by atoms with Crippen LogP contribution in [-0.4, -0.2) is 23.5 Å². The van der Waals surface area contributed by atoms with Gasteiger partial charge in [0.05, 0.1) is 0 Å². The molecule has 1 amide bonds. The van der Waals surface area contributed by atoms with E-state index in [1.54, 1.807) is 0 Å². The first-order valence-corrected chi connectivity index (χ1v) is 6.34. The molecule has 5 nitrogen and oxygen atoms in total. The van der Waals surface area contributed by atoms with Crippen LogP contribution in [0.15, 0.2) is 40.8 Å². The zero-order chi connectivity index (χ0) is 14.1. The quantitative estimate of drug-likeness (QED) is 0.891. The van der Waals surface area contributed by atoms with Crippen molar-refractivity contribution in [1.82, 2.24) is 5.32 Å². The number of hydrogen-bond acceptors (Lipinski definition) is 3. The second-order valence-corrected chi connectivity index (χ2v) is 4.78. The van der Waals surface area contributed by atoms with E-state index in [-0.39, 0.29) is 17.4 Å². The highest BCUT2D eigenvalue weighted by Gasteiger charge is 2.26. The lowest BCUT2D eigenvalue weighted by Crippen LogP contribution is -2.32. The fraction of sp³-hybridized carbons (Fsp3) is 0.200. The van der Waals surface area contributed by atoms with Gasteiger partial charge in [-0.2, -0.15) is 0 Å². The largest absolute Gasteiger partial charge is 0.475 e. The summed E-state index contributed by atoms with van der Waals surface area (Å²) in [6.07, 6.45) is 0.953. The van der Waals surface area contributed by atoms with Crippen LogP contribution < -0.4 is 5.32 Å². The van der Waals surface area contributed by atoms with Crippen molar-refractivity contribution in [3.8, 4) is 0 Å². The van der Waals surface area contributed by atoms with Gasteiger partial charge in [0.2, 0.25) is 5.76 Å². The molecule has 0 saturated carbocycles. The Morgan fingerprint density at radius 1 is 1.20 bits per heavy atom. The van der Waals surface area contributed by atoms with Crippen LogP contribution in [0.25, 0.3) is 0 Å². The fourth-order valence-electron chi connectivity index (χ4n) is 2.42. The molecule has 1 heterocycles. The molecule has 5 heteroatoms. The molecule has 1 atom stereocenters. The van der Waals surface area contributed by atoms with Gasteiger partial charge < -0.3 is 14.8 Å². The Morgan fingerprint density at radius 2 is 1.95 bits per heavy atom. The van der Waals surface area contributed by atoms with Gasteiger partial charge in [0.1, 0.15) is 0 Å². The van der Waals surface area contributed by atoms with Crippen molar-refractivity contribution in [3.05, 3.63) is 59.0 Å². The standard InChI is InChI=1S/C15H13NO4/c17-14(12-5-6-13(20-12)15(18)19)16-8-10-7-9-3-1-2-4-11(9)10/h1-6,10H,7-8H2,(H,16,17)(H,18,19). The van der Waals surface area contributed by atoms with E-state index >= 15 is 0 Å². The van der Waals surface area contributed by atoms with Gasteiger partial charge in [-0.1, -0.05) is 24.3 Å². The predicted molar refractivity (Wildman–Crippen MR) is 70.9 cm³/mol. The number of aromatic carboxylic acids is 1. The van der Waals surface area contributed by atoms with Crippen molar-refractivity contribution >= 4 is 11.9 Å². The highest BCUT2D eigenvalue weighted by molar-refractivity contribution is 5.93. The molecule has 0 fully saturated rings. The molecule has 0 bridgehead atoms. The van der Waals surface area contributed by atoms with Gasteiger partial charge in [-0.3, -0.25) is 4.79 Å². The van der Waals surface area contributed by atoms with Crippen LogP contribution in [0.2, 0.25) is 0 Å². The van der Waals surface area contributed by atoms with Crippen molar-refractivity contribution in [1.29, 1.82) is 0 Å². The molecule has 1 unspecified atom stereocenters. The summed E-state index contributed by atoms with van der Waals surface area (Å²) in [6, 6.07) is 10.8. The smallest absolute Gasteiger partial charge is 0.371 e. The van der Waals surface area contributed by atoms with Gasteiger partial charge in [-0.25, -0.2) is 4.79 Å². The molecule has 0 aliphatic heterocycles. The number of benzene rings is 1. The van der Waals surface area contributed by atoms with Crippen LogP contribution in [0.3, 0.4) is 0 Å². The first-order chi connectivity index (χ1) is 9.65. The third-order valence-electron chi connectivity index (χ3n) is 3.51. The van der Waals surface area contributed by atoms with Crippen molar-refractivity contribution in [2.24, 2.45) is 0 Å². The molecule has 1 aromatic carbocycles. The Kier molecular flexibility index (Phi) is 3.02. The minimum atomic E-state index is -1.18. The first-order valence-electron chi connectivity index (χ1n) is 6.34. The molecule has 20 heavy (non-hydrogen) atoms. The second-order valence-electron chi connectivity index (χ2n) is 4.78. The molecular formula is C15H13NO4. The summed E-state index contributed by atoms with van der Waals surface area (Å²) < 4.78 is 4.95. The van der Waals surface area contributed by atoms with Crippen molar-refractivity contribution in [3.63, 3.8) is 0 Å². The van der Waals surface area contributed by atoms with E-state index in [1.807, 2.05) is 12.1 Å². The number of furan rings is 1. The van der Waals surface area contributed by atoms with Crippen molar-refractivity contribution in [2.45, 2.75) is 12.3 Å². The van der Waals surface area contributed by atoms with Crippen molar-refractivity contribution < 1.29 is 19.1 Å². The molecule has 3 rings (SSSR count). The van der Waals surface area contributed by atoms with E-state index in [2.05, 4.69) is 17.4 Å². The molecule has 1 aromatic heterocycles. The zero-order valence-electron chi connectivity index (χ0n) is 10.6. The number of carbonyl (C=O) groups excluding carboxylic acids is 1. The Bertz CT molecular complexity index is 674. The number of hydrogen-bond donors (Lipinski definition) is 2. The summed E-state index contributed by atoms with van der Waals surface area (Å²) >= 11 is 0. The maximum Gasteiger partial charge on any atom is 0.371 e. The van der Waals surface area contributed by atoms with Gasteiger partial charge in [-0.05, 0) is 29.7 Å². The van der Waals surface area contributed by atoms with E-state index in [0.29, 0.717) is 12.5 Å². The van der Waals surface area contributed by atoms with Crippen LogP contribution in [0, 0.1) is 0 Å². The first kappa shape index (κ1) is 12.5. The number of rotatable bonds is 4. The Hall–Kier alpha value is -2.56. The van der Waals surface area contributed by atoms with E-state index in [9.17, 15) is 9.59 Å². The summed E-state index contributed by atoms with van der Waals surface area (Å²) in [5, 5.41) is 11.5. The maximum absolute atomic E-state index is 11.8. The highest BCUT2D eigenvalue weighted by atomic mass is 16.4. The third-order valence-corrected chi connectivity index (χ3v) is 3.51. The Balaban J connectivity index is 1.59. The lowest BCUT2D eigenvalue weighted by Gasteiger charge is -2.30. The maximum atomic E-state index is 11.8. The highest BCUT2D eigenvalue weighted by Crippen LogP contribution is 2.34. The topological polar surface area (TPSA) is 79.5 Å². The van der Waals surface area contributed by atoms with Gasteiger partial charge >= 0.3 is 5.97 Å². The Labute approximate surface area is 115 Å². The average molecular weight is 271 g/mol. The normalized spacial score (nSPS) is 16.1. The van der Waals surface area contributed by atoms with Crippen LogP contribution in [0.5, 0.6) is 0 Å². The van der Waals surface area contributed by atoms with Gasteiger partial charge in [0.15, 0.2) is 5.76 Å². The number of carboxylic acids is 1. The van der Waals surface area contributed by atoms with E-state index in [0.717, 1.165) is 6.42 Å². The number of carboxylic acid groups (broad SMARTS) is 1. The van der Waals surface area contributed by atoms with Crippen LogP contribution in [-0.2, 0) is 6.42 Å². The summed E-state index contributed by atoms with van der Waals surface area (Å²) in [7, 11) is 0. The lowest BCUT2D eigenvalue weighted by atomic mass is 9.77. The molecule has 102 valence electrons. The molecule has 0 spiro atoms. The number of carbonyl (C=O) groups is 2.